The van der Waals surface area contributed by atoms with Gasteiger partial charge in [0.25, 0.3) is 0 Å². The van der Waals surface area contributed by atoms with Crippen LogP contribution >= 0.6 is 11.6 Å². The quantitative estimate of drug-likeness (QED) is 0.174. The van der Waals surface area contributed by atoms with Gasteiger partial charge < -0.3 is 9.94 Å². The molecule has 5 heteroatoms. The molecule has 0 radical (unpaired) electrons. The molecule has 0 N–H and O–H groups in total. The monoisotopic (exact) mass is 350 g/mol. The predicted octanol–water partition coefficient (Wildman–Crippen LogP) is 4.03. The molecule has 0 aliphatic heterocycles. The number of halogens is 1. The fourth-order valence-electron chi connectivity index (χ4n) is 2.42. The maximum atomic E-state index is 12.2. The Morgan fingerprint density at radius 1 is 1.20 bits per heavy atom. The van der Waals surface area contributed by atoms with Crippen LogP contribution in [-0.2, 0) is 6.54 Å². The summed E-state index contributed by atoms with van der Waals surface area (Å²) in [5, 5.41) is 13.3. The van der Waals surface area contributed by atoms with E-state index in [1.165, 1.54) is 6.21 Å². The average Bonchev–Trinajstić information content (AvgIpc) is 2.61. The lowest BCUT2D eigenvalue weighted by Gasteiger charge is -2.07. The SMILES string of the molecule is C#CCOc1ccc2nc(Cl)c(/C=[N+](\[O-])Cc3ccccc3)cc2c1. The van der Waals surface area contributed by atoms with Gasteiger partial charge >= 0.3 is 0 Å². The van der Waals surface area contributed by atoms with E-state index < -0.39 is 0 Å². The Labute approximate surface area is 150 Å². The number of hydrogen-bond donors (Lipinski definition) is 0. The molecule has 3 rings (SSSR count). The topological polar surface area (TPSA) is 48.2 Å². The van der Waals surface area contributed by atoms with Crippen molar-refractivity contribution < 1.29 is 9.48 Å². The molecule has 0 saturated carbocycles. The van der Waals surface area contributed by atoms with Crippen LogP contribution in [0.25, 0.3) is 10.9 Å². The lowest BCUT2D eigenvalue weighted by molar-refractivity contribution is -0.469. The van der Waals surface area contributed by atoms with Crippen molar-refractivity contribution in [3.63, 3.8) is 0 Å². The first-order chi connectivity index (χ1) is 12.2. The molecule has 0 atom stereocenters. The smallest absolute Gasteiger partial charge is 0.185 e. The minimum absolute atomic E-state index is 0.191. The third-order valence-corrected chi connectivity index (χ3v) is 3.86. The molecule has 0 fully saturated rings. The zero-order valence-corrected chi connectivity index (χ0v) is 14.1. The molecule has 25 heavy (non-hydrogen) atoms. The highest BCUT2D eigenvalue weighted by Crippen LogP contribution is 2.23. The van der Waals surface area contributed by atoms with E-state index in [0.29, 0.717) is 11.3 Å². The molecule has 3 aromatic rings. The van der Waals surface area contributed by atoms with Crippen LogP contribution in [0.1, 0.15) is 11.1 Å². The van der Waals surface area contributed by atoms with Gasteiger partial charge in [0.05, 0.1) is 11.1 Å². The summed E-state index contributed by atoms with van der Waals surface area (Å²) in [6.45, 7) is 0.428. The zero-order chi connectivity index (χ0) is 17.6. The summed E-state index contributed by atoms with van der Waals surface area (Å²) in [6.07, 6.45) is 6.64. The molecule has 2 aromatic carbocycles. The highest BCUT2D eigenvalue weighted by Gasteiger charge is 2.08. The van der Waals surface area contributed by atoms with Gasteiger partial charge in [-0.25, -0.2) is 9.72 Å². The van der Waals surface area contributed by atoms with E-state index in [4.69, 9.17) is 22.8 Å². The van der Waals surface area contributed by atoms with E-state index in [0.717, 1.165) is 21.2 Å². The van der Waals surface area contributed by atoms with Crippen molar-refractivity contribution >= 4 is 28.7 Å². The molecule has 0 unspecified atom stereocenters. The summed E-state index contributed by atoms with van der Waals surface area (Å²) in [6, 6.07) is 16.7. The van der Waals surface area contributed by atoms with E-state index in [1.54, 1.807) is 12.1 Å². The van der Waals surface area contributed by atoms with Gasteiger partial charge in [0, 0.05) is 10.9 Å². The van der Waals surface area contributed by atoms with Gasteiger partial charge in [0.15, 0.2) is 12.8 Å². The lowest BCUT2D eigenvalue weighted by Crippen LogP contribution is -2.06. The Balaban J connectivity index is 1.90. The Kier molecular flexibility index (Phi) is 5.17. The molecule has 1 heterocycles. The maximum absolute atomic E-state index is 12.2. The number of hydrogen-bond acceptors (Lipinski definition) is 3. The van der Waals surface area contributed by atoms with Gasteiger partial charge in [-0.15, -0.1) is 6.42 Å². The van der Waals surface area contributed by atoms with Crippen molar-refractivity contribution in [3.8, 4) is 18.1 Å². The minimum Gasteiger partial charge on any atom is -0.624 e. The van der Waals surface area contributed by atoms with Crippen LogP contribution in [0.3, 0.4) is 0 Å². The third-order valence-electron chi connectivity index (χ3n) is 3.55. The molecule has 0 saturated heterocycles. The third kappa shape index (κ3) is 4.28. The second-order valence-corrected chi connectivity index (χ2v) is 5.76. The van der Waals surface area contributed by atoms with Gasteiger partial charge in [-0.05, 0) is 24.3 Å². The predicted molar refractivity (Wildman–Crippen MR) is 100 cm³/mol. The van der Waals surface area contributed by atoms with Crippen LogP contribution < -0.4 is 4.74 Å². The number of rotatable bonds is 5. The van der Waals surface area contributed by atoms with Gasteiger partial charge in [-0.3, -0.25) is 0 Å². The number of nitrogens with zero attached hydrogens (tertiary/aromatic N) is 2. The van der Waals surface area contributed by atoms with Crippen LogP contribution in [0.15, 0.2) is 54.6 Å². The molecular formula is C20H15ClN2O2. The lowest BCUT2D eigenvalue weighted by atomic mass is 10.1. The van der Waals surface area contributed by atoms with E-state index in [-0.39, 0.29) is 18.3 Å². The number of fused-ring (bicyclic) bond motifs is 1. The molecule has 0 aliphatic rings. The average molecular weight is 351 g/mol. The largest absolute Gasteiger partial charge is 0.624 e. The molecule has 0 amide bonds. The summed E-state index contributed by atoms with van der Waals surface area (Å²) in [4.78, 5) is 4.33. The summed E-state index contributed by atoms with van der Waals surface area (Å²) < 4.78 is 6.25. The number of hydroxylamine groups is 1. The van der Waals surface area contributed by atoms with Crippen LogP contribution in [-0.4, -0.2) is 22.5 Å². The van der Waals surface area contributed by atoms with Crippen molar-refractivity contribution in [2.45, 2.75) is 6.54 Å². The Morgan fingerprint density at radius 2 is 2.00 bits per heavy atom. The van der Waals surface area contributed by atoms with Crippen LogP contribution in [0.2, 0.25) is 5.15 Å². The van der Waals surface area contributed by atoms with E-state index in [2.05, 4.69) is 10.9 Å². The van der Waals surface area contributed by atoms with Gasteiger partial charge in [0.1, 0.15) is 17.5 Å². The van der Waals surface area contributed by atoms with Crippen molar-refractivity contribution in [1.82, 2.24) is 4.98 Å². The van der Waals surface area contributed by atoms with Crippen molar-refractivity contribution in [2.24, 2.45) is 0 Å². The van der Waals surface area contributed by atoms with Gasteiger partial charge in [-0.1, -0.05) is 47.9 Å². The van der Waals surface area contributed by atoms with E-state index >= 15 is 0 Å². The first kappa shape index (κ1) is 16.8. The molecule has 0 spiro atoms. The standard InChI is InChI=1S/C20H15ClN2O2/c1-2-10-25-18-8-9-19-16(12-18)11-17(20(21)22-19)14-23(24)13-15-6-4-3-5-7-15/h1,3-9,11-12,14H,10,13H2/b23-14-. The van der Waals surface area contributed by atoms with Crippen molar-refractivity contribution in [2.75, 3.05) is 6.61 Å². The van der Waals surface area contributed by atoms with Crippen LogP contribution in [0, 0.1) is 17.6 Å². The number of terminal acetylenes is 1. The van der Waals surface area contributed by atoms with Crippen LogP contribution in [0.5, 0.6) is 5.75 Å². The van der Waals surface area contributed by atoms with Crippen molar-refractivity contribution in [3.05, 3.63) is 76.1 Å². The maximum Gasteiger partial charge on any atom is 0.185 e. The Morgan fingerprint density at radius 3 is 2.76 bits per heavy atom. The first-order valence-corrected chi connectivity index (χ1v) is 8.02. The normalized spacial score (nSPS) is 11.3. The number of pyridine rings is 1. The first-order valence-electron chi connectivity index (χ1n) is 7.65. The van der Waals surface area contributed by atoms with Gasteiger partial charge in [0.2, 0.25) is 0 Å². The van der Waals surface area contributed by atoms with Gasteiger partial charge in [-0.2, -0.15) is 0 Å². The summed E-state index contributed by atoms with van der Waals surface area (Å²) >= 11 is 6.21. The summed E-state index contributed by atoms with van der Waals surface area (Å²) in [5.74, 6) is 3.06. The summed E-state index contributed by atoms with van der Waals surface area (Å²) in [5.41, 5.74) is 2.19. The molecule has 124 valence electrons. The summed E-state index contributed by atoms with van der Waals surface area (Å²) in [7, 11) is 0. The highest BCUT2D eigenvalue weighted by atomic mass is 35.5. The van der Waals surface area contributed by atoms with Crippen molar-refractivity contribution in [1.29, 1.82) is 0 Å². The molecule has 1 aromatic heterocycles. The van der Waals surface area contributed by atoms with E-state index in [1.807, 2.05) is 42.5 Å². The Bertz CT molecular complexity index is 963. The zero-order valence-electron chi connectivity index (χ0n) is 13.4. The fourth-order valence-corrected chi connectivity index (χ4v) is 2.61. The number of benzene rings is 2. The highest BCUT2D eigenvalue weighted by molar-refractivity contribution is 6.32. The molecule has 4 nitrogen and oxygen atoms in total. The molecule has 0 bridgehead atoms. The second-order valence-electron chi connectivity index (χ2n) is 5.41. The Hall–Kier alpha value is -3.03. The number of ether oxygens (including phenoxy) is 1. The second kappa shape index (κ2) is 7.69. The minimum atomic E-state index is 0.191. The number of aromatic nitrogens is 1. The molecule has 0 aliphatic carbocycles. The van der Waals surface area contributed by atoms with Crippen LogP contribution in [0.4, 0.5) is 0 Å². The fraction of sp³-hybridized carbons (Fsp3) is 0.100. The van der Waals surface area contributed by atoms with E-state index in [9.17, 15) is 5.21 Å². The molecular weight excluding hydrogens is 336 g/mol.